The number of aromatic nitrogens is 2. The molecule has 0 fully saturated rings. The second-order valence-corrected chi connectivity index (χ2v) is 12.6. The second-order valence-electron chi connectivity index (χ2n) is 12.6. The molecule has 0 amide bonds. The minimum atomic E-state index is 0.872. The molecule has 0 aliphatic heterocycles. The molecule has 0 unspecified atom stereocenters. The number of benzene rings is 8. The summed E-state index contributed by atoms with van der Waals surface area (Å²) in [5.74, 6) is 0. The fourth-order valence-corrected chi connectivity index (χ4v) is 6.96. The predicted octanol–water partition coefficient (Wildman–Crippen LogP) is 12.9. The molecule has 8 aromatic carbocycles. The fourth-order valence-electron chi connectivity index (χ4n) is 6.96. The lowest BCUT2D eigenvalue weighted by Crippen LogP contribution is -2.11. The SMILES string of the molecule is c1ccc(-c2ccc(N(c3ccc4c(ccc5nc(-c6ccccc6)c(-c6ccccc6)nc54)c3)c3ccccc3-c3ccccc3)cc2)cc1. The van der Waals surface area contributed by atoms with Crippen LogP contribution in [-0.2, 0) is 0 Å². The zero-order valence-electron chi connectivity index (χ0n) is 27.9. The van der Waals surface area contributed by atoms with Crippen molar-refractivity contribution in [3.8, 4) is 44.8 Å². The molecule has 0 spiro atoms. The minimum absolute atomic E-state index is 0.872. The Morgan fingerprint density at radius 3 is 1.51 bits per heavy atom. The van der Waals surface area contributed by atoms with Crippen LogP contribution in [0.1, 0.15) is 0 Å². The molecule has 0 N–H and O–H groups in total. The van der Waals surface area contributed by atoms with Gasteiger partial charge in [-0.05, 0) is 58.5 Å². The van der Waals surface area contributed by atoms with Crippen LogP contribution in [0.25, 0.3) is 66.6 Å². The van der Waals surface area contributed by atoms with E-state index in [9.17, 15) is 0 Å². The smallest absolute Gasteiger partial charge is 0.0973 e. The second kappa shape index (κ2) is 13.2. The highest BCUT2D eigenvalue weighted by atomic mass is 15.1. The van der Waals surface area contributed by atoms with Crippen molar-refractivity contribution in [3.63, 3.8) is 0 Å². The summed E-state index contributed by atoms with van der Waals surface area (Å²) < 4.78 is 0. The van der Waals surface area contributed by atoms with Crippen molar-refractivity contribution in [1.29, 1.82) is 0 Å². The first-order chi connectivity index (χ1) is 25.3. The standard InChI is InChI=1S/C48H33N3/c1-5-15-34(16-6-1)35-25-28-40(29-26-35)51(45-24-14-13-23-42(45)36-17-7-2-8-18-36)41-30-31-43-39(33-41)27-32-44-48(43)50-47(38-21-11-4-12-22-38)46(49-44)37-19-9-3-10-20-37/h1-33H. The minimum Gasteiger partial charge on any atom is -0.310 e. The summed E-state index contributed by atoms with van der Waals surface area (Å²) in [4.78, 5) is 12.9. The van der Waals surface area contributed by atoms with Gasteiger partial charge in [-0.15, -0.1) is 0 Å². The van der Waals surface area contributed by atoms with Gasteiger partial charge in [0.05, 0.1) is 28.1 Å². The molecule has 3 nitrogen and oxygen atoms in total. The quantitative estimate of drug-likeness (QED) is 0.161. The van der Waals surface area contributed by atoms with E-state index in [0.29, 0.717) is 0 Å². The Labute approximate surface area is 297 Å². The van der Waals surface area contributed by atoms with Crippen molar-refractivity contribution < 1.29 is 0 Å². The normalized spacial score (nSPS) is 11.1. The first-order valence-electron chi connectivity index (χ1n) is 17.3. The molecule has 0 aliphatic rings. The number of fused-ring (bicyclic) bond motifs is 3. The molecule has 51 heavy (non-hydrogen) atoms. The van der Waals surface area contributed by atoms with E-state index >= 15 is 0 Å². The summed E-state index contributed by atoms with van der Waals surface area (Å²) in [5.41, 5.74) is 13.6. The van der Waals surface area contributed by atoms with Gasteiger partial charge in [0.25, 0.3) is 0 Å². The molecule has 9 aromatic rings. The third kappa shape index (κ3) is 5.81. The average molecular weight is 652 g/mol. The van der Waals surface area contributed by atoms with Crippen molar-refractivity contribution in [2.24, 2.45) is 0 Å². The van der Waals surface area contributed by atoms with Gasteiger partial charge in [0.15, 0.2) is 0 Å². The Balaban J connectivity index is 1.22. The zero-order chi connectivity index (χ0) is 34.0. The molecule has 1 aromatic heterocycles. The summed E-state index contributed by atoms with van der Waals surface area (Å²) in [5, 5.41) is 2.17. The number of para-hydroxylation sites is 1. The highest BCUT2D eigenvalue weighted by Crippen LogP contribution is 2.43. The molecule has 0 aliphatic carbocycles. The van der Waals surface area contributed by atoms with E-state index in [4.69, 9.17) is 9.97 Å². The largest absolute Gasteiger partial charge is 0.310 e. The van der Waals surface area contributed by atoms with Gasteiger partial charge in [-0.2, -0.15) is 0 Å². The first-order valence-corrected chi connectivity index (χ1v) is 17.3. The van der Waals surface area contributed by atoms with E-state index in [1.807, 2.05) is 12.1 Å². The average Bonchev–Trinajstić information content (AvgIpc) is 3.22. The van der Waals surface area contributed by atoms with Gasteiger partial charge in [0.2, 0.25) is 0 Å². The van der Waals surface area contributed by atoms with Gasteiger partial charge >= 0.3 is 0 Å². The molecule has 240 valence electrons. The Kier molecular flexibility index (Phi) is 7.84. The van der Waals surface area contributed by atoms with E-state index < -0.39 is 0 Å². The molecule has 0 atom stereocenters. The van der Waals surface area contributed by atoms with E-state index in [1.54, 1.807) is 0 Å². The first kappa shape index (κ1) is 30.2. The van der Waals surface area contributed by atoms with E-state index in [0.717, 1.165) is 66.9 Å². The van der Waals surface area contributed by atoms with Crippen molar-refractivity contribution >= 4 is 38.9 Å². The molecule has 0 saturated heterocycles. The van der Waals surface area contributed by atoms with Gasteiger partial charge in [-0.3, -0.25) is 0 Å². The van der Waals surface area contributed by atoms with E-state index in [1.165, 1.54) is 16.7 Å². The molecule has 0 radical (unpaired) electrons. The lowest BCUT2D eigenvalue weighted by molar-refractivity contribution is 1.28. The summed E-state index contributed by atoms with van der Waals surface area (Å²) in [7, 11) is 0. The summed E-state index contributed by atoms with van der Waals surface area (Å²) >= 11 is 0. The highest BCUT2D eigenvalue weighted by molar-refractivity contribution is 6.07. The van der Waals surface area contributed by atoms with Crippen molar-refractivity contribution in [2.75, 3.05) is 4.90 Å². The Bertz CT molecular complexity index is 2600. The molecular weight excluding hydrogens is 619 g/mol. The van der Waals surface area contributed by atoms with Crippen molar-refractivity contribution in [1.82, 2.24) is 9.97 Å². The molecule has 9 rings (SSSR count). The number of nitrogens with zero attached hydrogens (tertiary/aromatic N) is 3. The van der Waals surface area contributed by atoms with Crippen LogP contribution in [0.2, 0.25) is 0 Å². The maximum Gasteiger partial charge on any atom is 0.0973 e. The van der Waals surface area contributed by atoms with Crippen LogP contribution in [0.4, 0.5) is 17.1 Å². The third-order valence-corrected chi connectivity index (χ3v) is 9.45. The monoisotopic (exact) mass is 651 g/mol. The molecule has 0 bridgehead atoms. The maximum atomic E-state index is 5.36. The van der Waals surface area contributed by atoms with Crippen LogP contribution >= 0.6 is 0 Å². The summed E-state index contributed by atoms with van der Waals surface area (Å²) in [6.07, 6.45) is 0. The Morgan fingerprint density at radius 2 is 0.863 bits per heavy atom. The fraction of sp³-hybridized carbons (Fsp3) is 0. The van der Waals surface area contributed by atoms with Gasteiger partial charge in [-0.25, -0.2) is 9.97 Å². The Hall–Kier alpha value is -6.84. The molecule has 0 saturated carbocycles. The summed E-state index contributed by atoms with van der Waals surface area (Å²) in [6.45, 7) is 0. The number of hydrogen-bond donors (Lipinski definition) is 0. The van der Waals surface area contributed by atoms with Crippen LogP contribution in [0, 0.1) is 0 Å². The van der Waals surface area contributed by atoms with E-state index in [2.05, 4.69) is 193 Å². The van der Waals surface area contributed by atoms with Crippen LogP contribution in [0.5, 0.6) is 0 Å². The van der Waals surface area contributed by atoms with Crippen molar-refractivity contribution in [2.45, 2.75) is 0 Å². The van der Waals surface area contributed by atoms with Gasteiger partial charge in [-0.1, -0.05) is 164 Å². The molecule has 1 heterocycles. The third-order valence-electron chi connectivity index (χ3n) is 9.45. The lowest BCUT2D eigenvalue weighted by atomic mass is 10.00. The molecular formula is C48H33N3. The molecule has 3 heteroatoms. The predicted molar refractivity (Wildman–Crippen MR) is 213 cm³/mol. The van der Waals surface area contributed by atoms with Crippen LogP contribution in [0.15, 0.2) is 200 Å². The maximum absolute atomic E-state index is 5.36. The van der Waals surface area contributed by atoms with Crippen LogP contribution in [-0.4, -0.2) is 9.97 Å². The van der Waals surface area contributed by atoms with Crippen molar-refractivity contribution in [3.05, 3.63) is 200 Å². The summed E-state index contributed by atoms with van der Waals surface area (Å²) in [6, 6.07) is 70.3. The lowest BCUT2D eigenvalue weighted by Gasteiger charge is -2.28. The number of rotatable bonds is 7. The van der Waals surface area contributed by atoms with Gasteiger partial charge < -0.3 is 4.90 Å². The van der Waals surface area contributed by atoms with Crippen LogP contribution in [0.3, 0.4) is 0 Å². The Morgan fingerprint density at radius 1 is 0.353 bits per heavy atom. The number of hydrogen-bond acceptors (Lipinski definition) is 3. The van der Waals surface area contributed by atoms with Crippen LogP contribution < -0.4 is 4.90 Å². The number of anilines is 3. The van der Waals surface area contributed by atoms with E-state index in [-0.39, 0.29) is 0 Å². The zero-order valence-corrected chi connectivity index (χ0v) is 27.9. The van der Waals surface area contributed by atoms with Gasteiger partial charge in [0.1, 0.15) is 0 Å². The van der Waals surface area contributed by atoms with Gasteiger partial charge in [0, 0.05) is 33.5 Å². The topological polar surface area (TPSA) is 29.0 Å². The highest BCUT2D eigenvalue weighted by Gasteiger charge is 2.19.